The maximum Gasteiger partial charge on any atom is 0.194 e. The van der Waals surface area contributed by atoms with Crippen LogP contribution in [0.25, 0.3) is 0 Å². The number of fused-ring (bicyclic) bond motifs is 1. The molecule has 3 unspecified atom stereocenters. The van der Waals surface area contributed by atoms with E-state index in [1.54, 1.807) is 7.11 Å². The maximum absolute atomic E-state index is 5.91. The highest BCUT2D eigenvalue weighted by atomic mass is 16.5. The summed E-state index contributed by atoms with van der Waals surface area (Å²) in [6.45, 7) is 9.62. The largest absolute Gasteiger partial charge is 0.497 e. The fourth-order valence-corrected chi connectivity index (χ4v) is 4.26. The number of nitrogens with zero attached hydrogens (tertiary/aromatic N) is 2. The first-order valence-corrected chi connectivity index (χ1v) is 9.88. The number of hydrogen-bond donors (Lipinski definition) is 1. The van der Waals surface area contributed by atoms with E-state index in [4.69, 9.17) is 19.2 Å². The van der Waals surface area contributed by atoms with E-state index < -0.39 is 0 Å². The standard InChI is InChI=1S/C21H33N3O3/c1-6-22-20(23-18-17-11-13-27-19(17)21(18,2)3)24(4)12-14-26-16-9-7-15(25-5)8-10-16/h7-10,17-19H,6,11-14H2,1-5H3,(H,22,23). The average Bonchev–Trinajstić information content (AvgIpc) is 3.12. The van der Waals surface area contributed by atoms with E-state index in [-0.39, 0.29) is 5.41 Å². The molecular weight excluding hydrogens is 342 g/mol. The van der Waals surface area contributed by atoms with Gasteiger partial charge in [0, 0.05) is 37.6 Å². The van der Waals surface area contributed by atoms with Crippen LogP contribution in [0.1, 0.15) is 27.2 Å². The fraction of sp³-hybridized carbons (Fsp3) is 0.667. The van der Waals surface area contributed by atoms with Crippen LogP contribution in [-0.4, -0.2) is 63.5 Å². The van der Waals surface area contributed by atoms with Crippen LogP contribution in [0.3, 0.4) is 0 Å². The molecule has 3 atom stereocenters. The van der Waals surface area contributed by atoms with Gasteiger partial charge in [0.1, 0.15) is 18.1 Å². The van der Waals surface area contributed by atoms with Gasteiger partial charge in [-0.2, -0.15) is 0 Å². The normalized spacial score (nSPS) is 26.1. The summed E-state index contributed by atoms with van der Waals surface area (Å²) in [5, 5.41) is 3.70. The Balaban J connectivity index is 1.52. The molecule has 6 nitrogen and oxygen atoms in total. The molecule has 1 saturated carbocycles. The van der Waals surface area contributed by atoms with Gasteiger partial charge in [-0.3, -0.25) is 4.99 Å². The molecule has 1 aliphatic heterocycles. The second-order valence-electron chi connectivity index (χ2n) is 7.93. The van der Waals surface area contributed by atoms with Crippen molar-refractivity contribution in [2.24, 2.45) is 16.3 Å². The summed E-state index contributed by atoms with van der Waals surface area (Å²) in [6, 6.07) is 8.07. The van der Waals surface area contributed by atoms with Gasteiger partial charge in [0.2, 0.25) is 0 Å². The maximum atomic E-state index is 5.91. The lowest BCUT2D eigenvalue weighted by Gasteiger charge is -2.55. The van der Waals surface area contributed by atoms with Crippen molar-refractivity contribution in [3.8, 4) is 11.5 Å². The highest BCUT2D eigenvalue weighted by molar-refractivity contribution is 5.80. The number of aliphatic imine (C=N–C) groups is 1. The minimum atomic E-state index is 0.135. The highest BCUT2D eigenvalue weighted by Gasteiger charge is 2.59. The first-order valence-electron chi connectivity index (χ1n) is 9.88. The Hall–Kier alpha value is -1.95. The van der Waals surface area contributed by atoms with Crippen LogP contribution in [0.15, 0.2) is 29.3 Å². The van der Waals surface area contributed by atoms with E-state index in [1.165, 1.54) is 0 Å². The molecule has 2 fully saturated rings. The number of methoxy groups -OCH3 is 1. The molecule has 0 radical (unpaired) electrons. The van der Waals surface area contributed by atoms with Gasteiger partial charge in [0.15, 0.2) is 5.96 Å². The van der Waals surface area contributed by atoms with Crippen molar-refractivity contribution in [3.63, 3.8) is 0 Å². The minimum absolute atomic E-state index is 0.135. The molecule has 3 rings (SSSR count). The zero-order valence-electron chi connectivity index (χ0n) is 17.2. The van der Waals surface area contributed by atoms with Crippen LogP contribution in [0, 0.1) is 11.3 Å². The Morgan fingerprint density at radius 3 is 2.67 bits per heavy atom. The fourth-order valence-electron chi connectivity index (χ4n) is 4.26. The molecule has 1 saturated heterocycles. The lowest BCUT2D eigenvalue weighted by Crippen LogP contribution is -2.68. The molecular formula is C21H33N3O3. The monoisotopic (exact) mass is 375 g/mol. The third-order valence-electron chi connectivity index (χ3n) is 5.81. The van der Waals surface area contributed by atoms with E-state index >= 15 is 0 Å². The summed E-state index contributed by atoms with van der Waals surface area (Å²) in [4.78, 5) is 6.84. The summed E-state index contributed by atoms with van der Waals surface area (Å²) in [5.41, 5.74) is 0.135. The van der Waals surface area contributed by atoms with Crippen LogP contribution in [0.5, 0.6) is 11.5 Å². The smallest absolute Gasteiger partial charge is 0.194 e. The summed E-state index contributed by atoms with van der Waals surface area (Å²) in [5.74, 6) is 3.21. The first kappa shape index (κ1) is 19.8. The molecule has 27 heavy (non-hydrogen) atoms. The number of likely N-dealkylation sites (N-methyl/N-ethyl adjacent to an activating group) is 1. The zero-order valence-corrected chi connectivity index (χ0v) is 17.2. The summed E-state index contributed by atoms with van der Waals surface area (Å²) < 4.78 is 16.9. The van der Waals surface area contributed by atoms with Crippen LogP contribution in [-0.2, 0) is 4.74 Å². The van der Waals surface area contributed by atoms with Crippen molar-refractivity contribution in [3.05, 3.63) is 24.3 Å². The van der Waals surface area contributed by atoms with Crippen molar-refractivity contribution in [1.29, 1.82) is 0 Å². The van der Waals surface area contributed by atoms with Crippen LogP contribution >= 0.6 is 0 Å². The summed E-state index contributed by atoms with van der Waals surface area (Å²) >= 11 is 0. The molecule has 1 aromatic rings. The number of guanidine groups is 1. The number of benzene rings is 1. The SMILES string of the molecule is CCN=C(NC1C2CCOC2C1(C)C)N(C)CCOc1ccc(OC)cc1. The van der Waals surface area contributed by atoms with Crippen LogP contribution in [0.2, 0.25) is 0 Å². The Morgan fingerprint density at radius 1 is 1.30 bits per heavy atom. The van der Waals surface area contributed by atoms with Gasteiger partial charge in [-0.1, -0.05) is 13.8 Å². The van der Waals surface area contributed by atoms with Crippen molar-refractivity contribution in [1.82, 2.24) is 10.2 Å². The number of nitrogens with one attached hydrogen (secondary N) is 1. The predicted octanol–water partition coefficient (Wildman–Crippen LogP) is 2.78. The molecule has 0 amide bonds. The highest BCUT2D eigenvalue weighted by Crippen LogP contribution is 2.52. The van der Waals surface area contributed by atoms with E-state index in [2.05, 4.69) is 38.0 Å². The molecule has 150 valence electrons. The Morgan fingerprint density at radius 2 is 2.00 bits per heavy atom. The van der Waals surface area contributed by atoms with Gasteiger partial charge < -0.3 is 24.4 Å². The number of ether oxygens (including phenoxy) is 3. The lowest BCUT2D eigenvalue weighted by atomic mass is 9.57. The van der Waals surface area contributed by atoms with E-state index in [1.807, 2.05) is 24.3 Å². The molecule has 0 spiro atoms. The zero-order chi connectivity index (χ0) is 19.4. The lowest BCUT2D eigenvalue weighted by molar-refractivity contribution is -0.107. The molecule has 1 heterocycles. The van der Waals surface area contributed by atoms with Crippen molar-refractivity contribution >= 4 is 5.96 Å². The van der Waals surface area contributed by atoms with E-state index in [0.29, 0.717) is 24.7 Å². The van der Waals surface area contributed by atoms with E-state index in [9.17, 15) is 0 Å². The molecule has 6 heteroatoms. The second kappa shape index (κ2) is 8.38. The summed E-state index contributed by atoms with van der Waals surface area (Å²) in [7, 11) is 3.73. The molecule has 1 N–H and O–H groups in total. The predicted molar refractivity (Wildman–Crippen MR) is 108 cm³/mol. The Bertz CT molecular complexity index is 645. The van der Waals surface area contributed by atoms with Gasteiger partial charge in [-0.25, -0.2) is 0 Å². The third kappa shape index (κ3) is 4.15. The Labute approximate surface area is 162 Å². The van der Waals surface area contributed by atoms with Gasteiger partial charge in [-0.05, 0) is 37.6 Å². The van der Waals surface area contributed by atoms with E-state index in [0.717, 1.165) is 43.6 Å². The number of hydrogen-bond acceptors (Lipinski definition) is 4. The molecule has 0 bridgehead atoms. The third-order valence-corrected chi connectivity index (χ3v) is 5.81. The topological polar surface area (TPSA) is 55.3 Å². The van der Waals surface area contributed by atoms with Crippen LogP contribution in [0.4, 0.5) is 0 Å². The van der Waals surface area contributed by atoms with Gasteiger partial charge in [-0.15, -0.1) is 0 Å². The van der Waals surface area contributed by atoms with Crippen molar-refractivity contribution in [2.75, 3.05) is 40.5 Å². The average molecular weight is 376 g/mol. The minimum Gasteiger partial charge on any atom is -0.497 e. The summed E-state index contributed by atoms with van der Waals surface area (Å²) in [6.07, 6.45) is 1.51. The molecule has 1 aromatic carbocycles. The number of rotatable bonds is 7. The molecule has 2 aliphatic rings. The molecule has 1 aliphatic carbocycles. The van der Waals surface area contributed by atoms with Crippen molar-refractivity contribution < 1.29 is 14.2 Å². The van der Waals surface area contributed by atoms with Gasteiger partial charge in [0.05, 0.1) is 19.8 Å². The first-order chi connectivity index (χ1) is 13.0. The Kier molecular flexibility index (Phi) is 6.15. The second-order valence-corrected chi connectivity index (χ2v) is 7.93. The van der Waals surface area contributed by atoms with Crippen molar-refractivity contribution in [2.45, 2.75) is 39.3 Å². The van der Waals surface area contributed by atoms with Gasteiger partial charge in [0.25, 0.3) is 0 Å². The van der Waals surface area contributed by atoms with Gasteiger partial charge >= 0.3 is 0 Å². The van der Waals surface area contributed by atoms with Crippen LogP contribution < -0.4 is 14.8 Å². The quantitative estimate of drug-likeness (QED) is 0.587. The molecule has 0 aromatic heterocycles.